The molecule has 0 aliphatic rings. The van der Waals surface area contributed by atoms with Gasteiger partial charge in [-0.3, -0.25) is 0 Å². The Balaban J connectivity index is 0.000000102. The molecule has 0 bridgehead atoms. The zero-order chi connectivity index (χ0) is 92.8. The molecule has 0 radical (unpaired) electrons. The monoisotopic (exact) mass is 1890 g/mol. The Morgan fingerprint density at radius 2 is 0.412 bits per heavy atom. The molecular formula is C115H73Cl7N14. The van der Waals surface area contributed by atoms with E-state index >= 15 is 0 Å². The van der Waals surface area contributed by atoms with Gasteiger partial charge in [0.15, 0.2) is 10.3 Å². The van der Waals surface area contributed by atoms with E-state index in [1.807, 2.05) is 328 Å². The quantitative estimate of drug-likeness (QED) is 0.137. The topological polar surface area (TPSA) is 180 Å². The first-order chi connectivity index (χ1) is 66.7. The molecule has 0 unspecified atom stereocenters. The van der Waals surface area contributed by atoms with Gasteiger partial charge in [-0.1, -0.05) is 387 Å². The van der Waals surface area contributed by atoms with E-state index in [4.69, 9.17) is 86.2 Å². The summed E-state index contributed by atoms with van der Waals surface area (Å²) in [5.41, 5.74) is 22.0. The molecule has 0 saturated carbocycles. The highest BCUT2D eigenvalue weighted by Gasteiger charge is 2.19. The lowest BCUT2D eigenvalue weighted by atomic mass is 9.99. The number of aromatic nitrogens is 14. The number of fused-ring (bicyclic) bond motifs is 11. The van der Waals surface area contributed by atoms with Crippen LogP contribution in [0.15, 0.2) is 425 Å². The Kier molecular flexibility index (Phi) is 27.5. The largest absolute Gasteiger partial charge is 0.243 e. The summed E-state index contributed by atoms with van der Waals surface area (Å²) in [6.07, 6.45) is 0. The summed E-state index contributed by atoms with van der Waals surface area (Å²) in [4.78, 5) is 61.5. The predicted octanol–water partition coefficient (Wildman–Crippen LogP) is 32.6. The van der Waals surface area contributed by atoms with Gasteiger partial charge in [0.25, 0.3) is 0 Å². The molecule has 0 amide bonds. The van der Waals surface area contributed by atoms with Crippen LogP contribution in [0.5, 0.6) is 0 Å². The van der Waals surface area contributed by atoms with Crippen molar-refractivity contribution in [1.29, 1.82) is 0 Å². The highest BCUT2D eigenvalue weighted by Crippen LogP contribution is 2.39. The van der Waals surface area contributed by atoms with E-state index in [9.17, 15) is 0 Å². The van der Waals surface area contributed by atoms with Crippen molar-refractivity contribution in [2.24, 2.45) is 0 Å². The summed E-state index contributed by atoms with van der Waals surface area (Å²) >= 11 is 42.8. The smallest absolute Gasteiger partial charge is 0.223 e. The van der Waals surface area contributed by atoms with Gasteiger partial charge in [0.1, 0.15) is 11.4 Å². The van der Waals surface area contributed by atoms with Crippen LogP contribution in [0.4, 0.5) is 0 Å². The lowest BCUT2D eigenvalue weighted by molar-refractivity contribution is 1.22. The fourth-order valence-corrected chi connectivity index (χ4v) is 17.6. The number of rotatable bonds is 7. The Morgan fingerprint density at radius 3 is 0.809 bits per heavy atom. The maximum atomic E-state index is 6.36. The second-order valence-corrected chi connectivity index (χ2v) is 33.6. The van der Waals surface area contributed by atoms with Crippen LogP contribution in [0, 0.1) is 6.92 Å². The summed E-state index contributed by atoms with van der Waals surface area (Å²) in [6.45, 7) is 2.04. The van der Waals surface area contributed by atoms with E-state index in [1.54, 1.807) is 0 Å². The van der Waals surface area contributed by atoms with Crippen LogP contribution in [-0.2, 0) is 0 Å². The average Bonchev–Trinajstić information content (AvgIpc) is 0.777. The lowest BCUT2D eigenvalue weighted by Gasteiger charge is -2.09. The van der Waals surface area contributed by atoms with Crippen LogP contribution in [0.3, 0.4) is 0 Å². The SMILES string of the molecule is Cc1ccc2c(-c3ccccc3)nc(Cl)nc2c1.Clc1nc(-c2ccc3ccccc3c2)c2ccccc2n1.Clc1nc(-c2cccc3ccccc23)c2ccccc2n1.Clc1nc(-c2cccc3ccccc23)c2ccccc2n1.Clc1nc(-c2ccccc2)c2ccccc2n1.Clc1nc2ccccc2nc1-c1cccc2ccccc12.Clc1nc2ccccc2nc1-c1ccccc1. The van der Waals surface area contributed by atoms with Crippen LogP contribution >= 0.6 is 81.2 Å². The highest BCUT2D eigenvalue weighted by molar-refractivity contribution is 6.33. The summed E-state index contributed by atoms with van der Waals surface area (Å²) in [6, 6.07) is 141. The molecule has 21 heteroatoms. The molecule has 0 atom stereocenters. The molecule has 136 heavy (non-hydrogen) atoms. The average molecular weight is 1900 g/mol. The van der Waals surface area contributed by atoms with Crippen LogP contribution in [-0.4, -0.2) is 69.8 Å². The van der Waals surface area contributed by atoms with E-state index in [0.717, 1.165) is 166 Å². The van der Waals surface area contributed by atoms with Crippen LogP contribution in [0.25, 0.3) is 198 Å². The predicted molar refractivity (Wildman–Crippen MR) is 565 cm³/mol. The third kappa shape index (κ3) is 20.5. The van der Waals surface area contributed by atoms with E-state index in [2.05, 4.69) is 168 Å². The molecule has 652 valence electrons. The Hall–Kier alpha value is -15.6. The van der Waals surface area contributed by atoms with Crippen molar-refractivity contribution in [3.63, 3.8) is 0 Å². The van der Waals surface area contributed by atoms with Gasteiger partial charge in [-0.15, -0.1) is 0 Å². The molecular weight excluding hydrogens is 1830 g/mol. The van der Waals surface area contributed by atoms with E-state index < -0.39 is 0 Å². The summed E-state index contributed by atoms with van der Waals surface area (Å²) in [5.74, 6) is 0. The lowest BCUT2D eigenvalue weighted by Crippen LogP contribution is -1.92. The normalized spacial score (nSPS) is 10.9. The fourth-order valence-electron chi connectivity index (χ4n) is 16.2. The molecule has 25 aromatic rings. The number of hydrogen-bond acceptors (Lipinski definition) is 14. The molecule has 7 heterocycles. The van der Waals surface area contributed by atoms with Gasteiger partial charge in [-0.2, -0.15) is 0 Å². The molecule has 0 N–H and O–H groups in total. The number of nitrogens with zero attached hydrogens (tertiary/aromatic N) is 14. The molecule has 0 spiro atoms. The van der Waals surface area contributed by atoms with E-state index in [0.29, 0.717) is 10.3 Å². The van der Waals surface area contributed by atoms with Crippen LogP contribution in [0.2, 0.25) is 36.7 Å². The summed E-state index contributed by atoms with van der Waals surface area (Å²) in [7, 11) is 0. The molecule has 14 nitrogen and oxygen atoms in total. The minimum Gasteiger partial charge on any atom is -0.243 e. The summed E-state index contributed by atoms with van der Waals surface area (Å²) in [5, 5.41) is 16.8. The highest BCUT2D eigenvalue weighted by atomic mass is 35.5. The zero-order valence-electron chi connectivity index (χ0n) is 72.3. The van der Waals surface area contributed by atoms with E-state index in [1.165, 1.54) is 37.7 Å². The molecule has 25 rings (SSSR count). The van der Waals surface area contributed by atoms with Crippen molar-refractivity contribution in [1.82, 2.24) is 69.8 Å². The first kappa shape index (κ1) is 89.6. The maximum Gasteiger partial charge on any atom is 0.223 e. The second-order valence-electron chi connectivity index (χ2n) is 31.2. The first-order valence-electron chi connectivity index (χ1n) is 43.3. The van der Waals surface area contributed by atoms with Crippen molar-refractivity contribution in [3.05, 3.63) is 467 Å². The fraction of sp³-hybridized carbons (Fsp3) is 0.00870. The Bertz CT molecular complexity index is 8530. The minimum absolute atomic E-state index is 0.275. The molecule has 7 aromatic heterocycles. The first-order valence-corrected chi connectivity index (χ1v) is 45.9. The second kappa shape index (κ2) is 41.7. The van der Waals surface area contributed by atoms with E-state index in [-0.39, 0.29) is 26.4 Å². The maximum absolute atomic E-state index is 6.36. The molecule has 0 saturated heterocycles. The summed E-state index contributed by atoms with van der Waals surface area (Å²) < 4.78 is 0. The molecule has 0 fully saturated rings. The van der Waals surface area contributed by atoms with Gasteiger partial charge in [0.2, 0.25) is 26.4 Å². The molecule has 0 aliphatic heterocycles. The van der Waals surface area contributed by atoms with Gasteiger partial charge in [-0.05, 0) is 174 Å². The number of halogens is 7. The van der Waals surface area contributed by atoms with Crippen molar-refractivity contribution >= 4 is 201 Å². The third-order valence-corrected chi connectivity index (χ3v) is 23.9. The number of aryl methyl sites for hydroxylation is 1. The van der Waals surface area contributed by atoms with Crippen LogP contribution in [0.1, 0.15) is 5.56 Å². The number of para-hydroxylation sites is 8. The van der Waals surface area contributed by atoms with Crippen molar-refractivity contribution in [3.8, 4) is 78.8 Å². The van der Waals surface area contributed by atoms with Crippen LogP contribution < -0.4 is 0 Å². The van der Waals surface area contributed by atoms with Gasteiger partial charge < -0.3 is 0 Å². The van der Waals surface area contributed by atoms with Gasteiger partial charge in [-0.25, -0.2) is 69.8 Å². The van der Waals surface area contributed by atoms with Gasteiger partial charge in [0, 0.05) is 65.9 Å². The standard InChI is InChI=1S/4C18H11ClN2.C15H11ClN2.2C14H9ClN2/c19-18-17(20-15-10-3-4-11-16(15)21-18)14-9-5-7-12-6-1-2-8-13(12)14;2*19-18-20-16-11-4-3-9-15(16)17(21-18)14-10-5-7-12-6-1-2-8-13(12)14;19-18-20-16-8-4-3-7-15(16)17(21-18)14-10-9-12-5-1-2-6-13(12)11-14;1-10-7-8-12-13(9-10)17-15(16)18-14(12)11-5-3-2-4-6-11;15-14-13(10-6-2-1-3-7-10)16-11-8-4-5-9-12(11)17-14;15-14-16-12-9-5-4-8-11(12)13(17-14)10-6-2-1-3-7-10/h4*1-11H;2-9H,1H3;2*1-9H. The Labute approximate surface area is 816 Å². The zero-order valence-corrected chi connectivity index (χ0v) is 77.6. The van der Waals surface area contributed by atoms with Crippen molar-refractivity contribution in [2.45, 2.75) is 6.92 Å². The number of benzene rings is 18. The van der Waals surface area contributed by atoms with Gasteiger partial charge >= 0.3 is 0 Å². The van der Waals surface area contributed by atoms with Gasteiger partial charge in [0.05, 0.1) is 78.1 Å². The number of hydrogen-bond donors (Lipinski definition) is 0. The van der Waals surface area contributed by atoms with Crippen molar-refractivity contribution < 1.29 is 0 Å². The third-order valence-electron chi connectivity index (χ3n) is 22.5. The van der Waals surface area contributed by atoms with Crippen molar-refractivity contribution in [2.75, 3.05) is 0 Å². The Morgan fingerprint density at radius 1 is 0.147 bits per heavy atom. The molecule has 18 aromatic carbocycles. The molecule has 0 aliphatic carbocycles. The minimum atomic E-state index is 0.275.